The molecular formula is C20H25N3O4. The monoisotopic (exact) mass is 371 g/mol. The van der Waals surface area contributed by atoms with Gasteiger partial charge in [-0.1, -0.05) is 12.1 Å². The molecule has 27 heavy (non-hydrogen) atoms. The van der Waals surface area contributed by atoms with Crippen molar-refractivity contribution in [3.05, 3.63) is 47.3 Å². The second-order valence-corrected chi connectivity index (χ2v) is 7.42. The highest BCUT2D eigenvalue weighted by molar-refractivity contribution is 6.03. The van der Waals surface area contributed by atoms with Gasteiger partial charge in [0.15, 0.2) is 5.69 Å². The molecule has 144 valence electrons. The molecule has 0 atom stereocenters. The van der Waals surface area contributed by atoms with Crippen LogP contribution in [-0.4, -0.2) is 40.0 Å². The third-order valence-electron chi connectivity index (χ3n) is 5.09. The van der Waals surface area contributed by atoms with Crippen LogP contribution in [0.15, 0.2) is 30.3 Å². The number of nitrogens with zero attached hydrogens (tertiary/aromatic N) is 2. The van der Waals surface area contributed by atoms with Gasteiger partial charge in [0.2, 0.25) is 0 Å². The zero-order chi connectivity index (χ0) is 19.6. The normalized spacial score (nSPS) is 15.5. The molecule has 2 heterocycles. The Labute approximate surface area is 158 Å². The Balaban J connectivity index is 1.71. The van der Waals surface area contributed by atoms with Crippen LogP contribution in [0.5, 0.6) is 0 Å². The van der Waals surface area contributed by atoms with E-state index in [1.807, 2.05) is 11.6 Å². The summed E-state index contributed by atoms with van der Waals surface area (Å²) in [5.74, 6) is -1.18. The average Bonchev–Trinajstić information content (AvgIpc) is 3.04. The van der Waals surface area contributed by atoms with E-state index in [-0.39, 0.29) is 11.9 Å². The quantitative estimate of drug-likeness (QED) is 0.842. The topological polar surface area (TPSA) is 93.5 Å². The molecule has 0 bridgehead atoms. The van der Waals surface area contributed by atoms with Crippen molar-refractivity contribution < 1.29 is 19.4 Å². The van der Waals surface area contributed by atoms with E-state index in [0.717, 1.165) is 18.5 Å². The lowest BCUT2D eigenvalue weighted by molar-refractivity contribution is -0.142. The van der Waals surface area contributed by atoms with Gasteiger partial charge in [-0.3, -0.25) is 14.3 Å². The number of aromatic nitrogens is 2. The first-order valence-electron chi connectivity index (χ1n) is 9.08. The molecule has 0 aliphatic carbocycles. The average molecular weight is 371 g/mol. The van der Waals surface area contributed by atoms with Crippen LogP contribution in [0.2, 0.25) is 0 Å². The molecule has 1 aliphatic rings. The minimum absolute atomic E-state index is 0.262. The molecular weight excluding hydrogens is 346 g/mol. The van der Waals surface area contributed by atoms with Crippen molar-refractivity contribution >= 4 is 17.6 Å². The molecule has 2 N–H and O–H groups in total. The van der Waals surface area contributed by atoms with E-state index in [9.17, 15) is 14.7 Å². The number of hydrogen-bond acceptors (Lipinski definition) is 4. The molecule has 1 saturated heterocycles. The Morgan fingerprint density at radius 2 is 1.85 bits per heavy atom. The Bertz CT molecular complexity index is 833. The second kappa shape index (κ2) is 7.52. The number of anilines is 1. The number of nitrogens with one attached hydrogen (secondary N) is 1. The Morgan fingerprint density at radius 3 is 2.44 bits per heavy atom. The van der Waals surface area contributed by atoms with E-state index < -0.39 is 11.4 Å². The summed E-state index contributed by atoms with van der Waals surface area (Å²) in [6.07, 6.45) is 1.79. The van der Waals surface area contributed by atoms with E-state index in [4.69, 9.17) is 4.74 Å². The van der Waals surface area contributed by atoms with Crippen molar-refractivity contribution in [2.24, 2.45) is 0 Å². The van der Waals surface area contributed by atoms with E-state index in [1.165, 1.54) is 0 Å². The molecule has 1 aromatic heterocycles. The van der Waals surface area contributed by atoms with Gasteiger partial charge in [0.1, 0.15) is 0 Å². The minimum atomic E-state index is -0.984. The van der Waals surface area contributed by atoms with Crippen LogP contribution in [0.1, 0.15) is 54.5 Å². The fourth-order valence-corrected chi connectivity index (χ4v) is 3.19. The number of amides is 1. The predicted molar refractivity (Wildman–Crippen MR) is 101 cm³/mol. The first-order chi connectivity index (χ1) is 12.8. The number of hydrogen-bond donors (Lipinski definition) is 2. The van der Waals surface area contributed by atoms with Gasteiger partial charge in [0, 0.05) is 24.6 Å². The number of aliphatic carboxylic acids is 1. The highest BCUT2D eigenvalue weighted by Gasteiger charge is 2.29. The van der Waals surface area contributed by atoms with Crippen molar-refractivity contribution in [1.82, 2.24) is 9.78 Å². The largest absolute Gasteiger partial charge is 0.481 e. The van der Waals surface area contributed by atoms with Crippen LogP contribution in [-0.2, 0) is 14.9 Å². The molecule has 1 fully saturated rings. The molecule has 0 saturated carbocycles. The molecule has 0 unspecified atom stereocenters. The van der Waals surface area contributed by atoms with Crippen LogP contribution in [0, 0.1) is 6.92 Å². The summed E-state index contributed by atoms with van der Waals surface area (Å²) in [5.41, 5.74) is 1.61. The zero-order valence-corrected chi connectivity index (χ0v) is 15.9. The molecule has 3 rings (SSSR count). The van der Waals surface area contributed by atoms with Crippen molar-refractivity contribution in [2.75, 3.05) is 18.5 Å². The van der Waals surface area contributed by atoms with Crippen LogP contribution in [0.4, 0.5) is 5.69 Å². The van der Waals surface area contributed by atoms with Crippen molar-refractivity contribution in [1.29, 1.82) is 0 Å². The van der Waals surface area contributed by atoms with Gasteiger partial charge in [-0.15, -0.1) is 0 Å². The maximum atomic E-state index is 12.5. The van der Waals surface area contributed by atoms with E-state index >= 15 is 0 Å². The fraction of sp³-hybridized carbons (Fsp3) is 0.450. The third kappa shape index (κ3) is 4.03. The SMILES string of the molecule is Cc1cc(C(=O)Nc2ccc(C(C)(C)C(=O)O)cc2)nn1C1CCOCC1. The van der Waals surface area contributed by atoms with Crippen LogP contribution >= 0.6 is 0 Å². The highest BCUT2D eigenvalue weighted by Crippen LogP contribution is 2.25. The summed E-state index contributed by atoms with van der Waals surface area (Å²) in [4.78, 5) is 23.9. The Hall–Kier alpha value is -2.67. The number of benzene rings is 1. The summed E-state index contributed by atoms with van der Waals surface area (Å²) >= 11 is 0. The lowest BCUT2D eigenvalue weighted by Gasteiger charge is -2.23. The van der Waals surface area contributed by atoms with Gasteiger partial charge in [-0.05, 0) is 57.4 Å². The van der Waals surface area contributed by atoms with Crippen LogP contribution in [0.25, 0.3) is 0 Å². The van der Waals surface area contributed by atoms with Gasteiger partial charge in [0.05, 0.1) is 11.5 Å². The molecule has 1 aliphatic heterocycles. The standard InChI is InChI=1S/C20H25N3O4/c1-13-12-17(22-23(13)16-8-10-27-11-9-16)18(24)21-15-6-4-14(5-7-15)20(2,3)19(25)26/h4-7,12,16H,8-11H2,1-3H3,(H,21,24)(H,25,26). The zero-order valence-electron chi connectivity index (χ0n) is 15.9. The molecule has 1 aromatic carbocycles. The summed E-state index contributed by atoms with van der Waals surface area (Å²) < 4.78 is 7.30. The van der Waals surface area contributed by atoms with Gasteiger partial charge in [-0.2, -0.15) is 5.10 Å². The molecule has 2 aromatic rings. The Kier molecular flexibility index (Phi) is 5.32. The lowest BCUT2D eigenvalue weighted by Crippen LogP contribution is -2.28. The maximum absolute atomic E-state index is 12.5. The molecule has 0 spiro atoms. The molecule has 1 amide bonds. The minimum Gasteiger partial charge on any atom is -0.481 e. The van der Waals surface area contributed by atoms with Crippen molar-refractivity contribution in [3.63, 3.8) is 0 Å². The lowest BCUT2D eigenvalue weighted by atomic mass is 9.85. The third-order valence-corrected chi connectivity index (χ3v) is 5.09. The van der Waals surface area contributed by atoms with Gasteiger partial charge in [0.25, 0.3) is 5.91 Å². The number of carbonyl (C=O) groups is 2. The molecule has 7 nitrogen and oxygen atoms in total. The number of carbonyl (C=O) groups excluding carboxylic acids is 1. The van der Waals surface area contributed by atoms with Crippen LogP contribution in [0.3, 0.4) is 0 Å². The van der Waals surface area contributed by atoms with E-state index in [1.54, 1.807) is 44.2 Å². The first-order valence-corrected chi connectivity index (χ1v) is 9.08. The second-order valence-electron chi connectivity index (χ2n) is 7.42. The first kappa shape index (κ1) is 19.1. The predicted octanol–water partition coefficient (Wildman–Crippen LogP) is 3.16. The van der Waals surface area contributed by atoms with Gasteiger partial charge in [-0.25, -0.2) is 0 Å². The fourth-order valence-electron chi connectivity index (χ4n) is 3.19. The smallest absolute Gasteiger partial charge is 0.313 e. The number of carboxylic acid groups (broad SMARTS) is 1. The number of ether oxygens (including phenoxy) is 1. The van der Waals surface area contributed by atoms with Crippen molar-refractivity contribution in [3.8, 4) is 0 Å². The van der Waals surface area contributed by atoms with E-state index in [2.05, 4.69) is 10.4 Å². The molecule has 7 heteroatoms. The van der Waals surface area contributed by atoms with Crippen LogP contribution < -0.4 is 5.32 Å². The highest BCUT2D eigenvalue weighted by atomic mass is 16.5. The summed E-state index contributed by atoms with van der Waals surface area (Å²) in [7, 11) is 0. The summed E-state index contributed by atoms with van der Waals surface area (Å²) in [6, 6.07) is 8.90. The number of carboxylic acids is 1. The summed E-state index contributed by atoms with van der Waals surface area (Å²) in [6.45, 7) is 6.67. The number of rotatable bonds is 5. The number of aryl methyl sites for hydroxylation is 1. The molecule has 0 radical (unpaired) electrons. The van der Waals surface area contributed by atoms with Crippen molar-refractivity contribution in [2.45, 2.75) is 45.1 Å². The van der Waals surface area contributed by atoms with Gasteiger partial charge >= 0.3 is 5.97 Å². The Morgan fingerprint density at radius 1 is 1.22 bits per heavy atom. The van der Waals surface area contributed by atoms with Gasteiger partial charge < -0.3 is 15.2 Å². The summed E-state index contributed by atoms with van der Waals surface area (Å²) in [5, 5.41) is 16.6. The van der Waals surface area contributed by atoms with E-state index in [0.29, 0.717) is 30.2 Å². The maximum Gasteiger partial charge on any atom is 0.313 e.